The number of anilines is 3. The van der Waals surface area contributed by atoms with E-state index in [2.05, 4.69) is 20.6 Å². The van der Waals surface area contributed by atoms with E-state index in [0.717, 1.165) is 12.0 Å². The minimum Gasteiger partial charge on any atom is -0.466 e. The van der Waals surface area contributed by atoms with Gasteiger partial charge in [0.1, 0.15) is 5.82 Å². The lowest BCUT2D eigenvalue weighted by molar-refractivity contribution is -0.148. The third-order valence-corrected chi connectivity index (χ3v) is 6.44. The quantitative estimate of drug-likeness (QED) is 0.552. The number of halogens is 1. The summed E-state index contributed by atoms with van der Waals surface area (Å²) in [4.78, 5) is 59.6. The smallest absolute Gasteiger partial charge is 0.310 e. The van der Waals surface area contributed by atoms with Gasteiger partial charge >= 0.3 is 5.97 Å². The zero-order chi connectivity index (χ0) is 24.4. The van der Waals surface area contributed by atoms with Crippen LogP contribution in [0.5, 0.6) is 0 Å². The molecule has 0 aliphatic carbocycles. The monoisotopic (exact) mass is 487 g/mol. The third-order valence-electron chi connectivity index (χ3n) is 6.04. The maximum Gasteiger partial charge on any atom is 0.310 e. The molecule has 34 heavy (non-hydrogen) atoms. The number of aromatic amines is 1. The van der Waals surface area contributed by atoms with Gasteiger partial charge in [-0.3, -0.25) is 24.2 Å². The van der Waals surface area contributed by atoms with Crippen LogP contribution in [0, 0.1) is 12.8 Å². The highest BCUT2D eigenvalue weighted by molar-refractivity contribution is 6.31. The lowest BCUT2D eigenvalue weighted by Gasteiger charge is -2.32. The van der Waals surface area contributed by atoms with E-state index in [0.29, 0.717) is 36.8 Å². The van der Waals surface area contributed by atoms with Crippen molar-refractivity contribution in [3.8, 4) is 0 Å². The molecular weight excluding hydrogens is 462 g/mol. The van der Waals surface area contributed by atoms with Crippen LogP contribution in [0.1, 0.15) is 43.2 Å². The number of hydrogen-bond acceptors (Lipinski definition) is 7. The van der Waals surface area contributed by atoms with Crippen LogP contribution < -0.4 is 21.1 Å². The number of H-pyrrole nitrogens is 1. The fraction of sp³-hybridized carbons (Fsp3) is 0.435. The molecule has 3 heterocycles. The molecule has 10 nitrogen and oxygen atoms in total. The number of nitrogens with one attached hydrogen (secondary N) is 3. The highest BCUT2D eigenvalue weighted by Crippen LogP contribution is 2.31. The Bertz CT molecular complexity index is 1200. The second kappa shape index (κ2) is 9.84. The van der Waals surface area contributed by atoms with E-state index in [1.807, 2.05) is 6.92 Å². The first-order valence-corrected chi connectivity index (χ1v) is 11.6. The van der Waals surface area contributed by atoms with Crippen molar-refractivity contribution >= 4 is 46.8 Å². The van der Waals surface area contributed by atoms with Gasteiger partial charge in [-0.15, -0.1) is 0 Å². The molecule has 2 unspecified atom stereocenters. The Kier molecular flexibility index (Phi) is 6.87. The normalized spacial score (nSPS) is 19.7. The van der Waals surface area contributed by atoms with Gasteiger partial charge in [-0.2, -0.15) is 4.98 Å². The molecular formula is C23H26ClN5O5. The Labute approximate surface area is 201 Å². The molecule has 0 bridgehead atoms. The summed E-state index contributed by atoms with van der Waals surface area (Å²) < 4.78 is 5.13. The summed E-state index contributed by atoms with van der Waals surface area (Å²) in [5.74, 6) is -2.25. The molecule has 180 valence electrons. The van der Waals surface area contributed by atoms with Gasteiger partial charge < -0.3 is 20.3 Å². The number of carbonyl (C=O) groups excluding carboxylic acids is 3. The Morgan fingerprint density at radius 2 is 2.12 bits per heavy atom. The van der Waals surface area contributed by atoms with E-state index in [9.17, 15) is 19.2 Å². The fourth-order valence-corrected chi connectivity index (χ4v) is 4.44. The van der Waals surface area contributed by atoms with Crippen LogP contribution >= 0.6 is 11.6 Å². The number of ether oxygens (including phenoxy) is 1. The van der Waals surface area contributed by atoms with Gasteiger partial charge in [-0.25, -0.2) is 0 Å². The molecule has 3 N–H and O–H groups in total. The van der Waals surface area contributed by atoms with Gasteiger partial charge in [-0.05, 0) is 44.4 Å². The topological polar surface area (TPSA) is 133 Å². The molecule has 2 amide bonds. The van der Waals surface area contributed by atoms with Gasteiger partial charge in [0.05, 0.1) is 24.0 Å². The SMILES string of the molecule is CCOC(=O)C1CCCN(c2nc3c(c(=O)[nH]2)C(C(=O)Nc2ccc(C)c(Cl)c2)CC(=O)N3)C1. The molecule has 2 aliphatic rings. The summed E-state index contributed by atoms with van der Waals surface area (Å²) in [6.45, 7) is 4.82. The van der Waals surface area contributed by atoms with Crippen LogP contribution in [0.4, 0.5) is 17.5 Å². The second-order valence-corrected chi connectivity index (χ2v) is 8.85. The molecule has 4 rings (SSSR count). The number of hydrogen-bond donors (Lipinski definition) is 3. The van der Waals surface area contributed by atoms with Crippen molar-refractivity contribution < 1.29 is 19.1 Å². The van der Waals surface area contributed by atoms with Crippen LogP contribution in [0.15, 0.2) is 23.0 Å². The van der Waals surface area contributed by atoms with Crippen molar-refractivity contribution in [2.45, 2.75) is 39.0 Å². The molecule has 11 heteroatoms. The second-order valence-electron chi connectivity index (χ2n) is 8.45. The number of piperidine rings is 1. The van der Waals surface area contributed by atoms with Gasteiger partial charge in [0.25, 0.3) is 5.56 Å². The Balaban J connectivity index is 1.59. The maximum atomic E-state index is 13.1. The number of esters is 1. The van der Waals surface area contributed by atoms with Crippen LogP contribution in [-0.4, -0.2) is 47.4 Å². The number of aryl methyl sites for hydroxylation is 1. The first-order chi connectivity index (χ1) is 16.3. The molecule has 1 saturated heterocycles. The number of amides is 2. The summed E-state index contributed by atoms with van der Waals surface area (Å²) in [5, 5.41) is 5.83. The van der Waals surface area contributed by atoms with Crippen molar-refractivity contribution in [2.75, 3.05) is 35.2 Å². The lowest BCUT2D eigenvalue weighted by atomic mass is 9.92. The van der Waals surface area contributed by atoms with Crippen molar-refractivity contribution in [2.24, 2.45) is 5.92 Å². The third kappa shape index (κ3) is 4.91. The molecule has 2 atom stereocenters. The van der Waals surface area contributed by atoms with E-state index in [-0.39, 0.29) is 35.6 Å². The molecule has 2 aliphatic heterocycles. The van der Waals surface area contributed by atoms with Crippen LogP contribution in [0.3, 0.4) is 0 Å². The highest BCUT2D eigenvalue weighted by Gasteiger charge is 2.36. The van der Waals surface area contributed by atoms with E-state index in [1.54, 1.807) is 30.0 Å². The average molecular weight is 488 g/mol. The molecule has 2 aromatic rings. The van der Waals surface area contributed by atoms with Crippen molar-refractivity contribution in [3.05, 3.63) is 44.7 Å². The zero-order valence-corrected chi connectivity index (χ0v) is 19.7. The standard InChI is InChI=1S/C23H26ClN5O5/c1-3-34-22(33)13-5-4-8-29(11-13)23-27-19-18(21(32)28-23)15(10-17(30)26-19)20(31)25-14-7-6-12(2)16(24)9-14/h6-7,9,13,15H,3-5,8,10-11H2,1-2H3,(H,25,31)(H2,26,27,28,30,32). The van der Waals surface area contributed by atoms with E-state index in [4.69, 9.17) is 16.3 Å². The number of carbonyl (C=O) groups is 3. The summed E-state index contributed by atoms with van der Waals surface area (Å²) in [7, 11) is 0. The Morgan fingerprint density at radius 1 is 1.32 bits per heavy atom. The largest absolute Gasteiger partial charge is 0.466 e. The zero-order valence-electron chi connectivity index (χ0n) is 18.9. The van der Waals surface area contributed by atoms with E-state index in [1.165, 1.54) is 0 Å². The van der Waals surface area contributed by atoms with E-state index < -0.39 is 23.3 Å². The first kappa shape index (κ1) is 23.7. The van der Waals surface area contributed by atoms with Crippen LogP contribution in [0.2, 0.25) is 5.02 Å². The number of benzene rings is 1. The van der Waals surface area contributed by atoms with Gasteiger partial charge in [0.2, 0.25) is 17.8 Å². The van der Waals surface area contributed by atoms with Gasteiger partial charge in [0.15, 0.2) is 0 Å². The number of fused-ring (bicyclic) bond motifs is 1. The summed E-state index contributed by atoms with van der Waals surface area (Å²) in [5.41, 5.74) is 0.906. The molecule has 1 fully saturated rings. The highest BCUT2D eigenvalue weighted by atomic mass is 35.5. The minimum absolute atomic E-state index is 0.0512. The van der Waals surface area contributed by atoms with Crippen LogP contribution in [0.25, 0.3) is 0 Å². The van der Waals surface area contributed by atoms with Gasteiger partial charge in [-0.1, -0.05) is 17.7 Å². The Hall–Kier alpha value is -3.40. The van der Waals surface area contributed by atoms with Crippen molar-refractivity contribution in [1.29, 1.82) is 0 Å². The summed E-state index contributed by atoms with van der Waals surface area (Å²) in [6.07, 6.45) is 1.23. The number of aromatic nitrogens is 2. The average Bonchev–Trinajstić information content (AvgIpc) is 2.80. The number of rotatable bonds is 5. The van der Waals surface area contributed by atoms with Crippen molar-refractivity contribution in [1.82, 2.24) is 9.97 Å². The molecule has 1 aromatic carbocycles. The molecule has 0 radical (unpaired) electrons. The number of nitrogens with zero attached hydrogens (tertiary/aromatic N) is 2. The van der Waals surface area contributed by atoms with E-state index >= 15 is 0 Å². The Morgan fingerprint density at radius 3 is 2.85 bits per heavy atom. The maximum absolute atomic E-state index is 13.1. The van der Waals surface area contributed by atoms with Crippen molar-refractivity contribution in [3.63, 3.8) is 0 Å². The molecule has 1 aromatic heterocycles. The first-order valence-electron chi connectivity index (χ1n) is 11.2. The predicted molar refractivity (Wildman–Crippen MR) is 127 cm³/mol. The van der Waals surface area contributed by atoms with Gasteiger partial charge in [0, 0.05) is 30.2 Å². The predicted octanol–water partition coefficient (Wildman–Crippen LogP) is 2.58. The molecule has 0 saturated carbocycles. The molecule has 0 spiro atoms. The minimum atomic E-state index is -1.01. The summed E-state index contributed by atoms with van der Waals surface area (Å²) >= 11 is 6.14. The van der Waals surface area contributed by atoms with Crippen LogP contribution in [-0.2, 0) is 19.1 Å². The summed E-state index contributed by atoms with van der Waals surface area (Å²) in [6, 6.07) is 5.08. The lowest BCUT2D eigenvalue weighted by Crippen LogP contribution is -2.42. The fourth-order valence-electron chi connectivity index (χ4n) is 4.26.